The molecule has 3 nitrogen and oxygen atoms in total. The van der Waals surface area contributed by atoms with Crippen LogP contribution >= 0.6 is 0 Å². The highest BCUT2D eigenvalue weighted by Gasteiger charge is 2.15. The molecule has 0 spiro atoms. The normalized spacial score (nSPS) is 12.7. The summed E-state index contributed by atoms with van der Waals surface area (Å²) in [5.41, 5.74) is 4.45. The summed E-state index contributed by atoms with van der Waals surface area (Å²) in [4.78, 5) is 0. The van der Waals surface area contributed by atoms with Crippen LogP contribution < -0.4 is 5.32 Å². The van der Waals surface area contributed by atoms with Gasteiger partial charge in [-0.3, -0.25) is 0 Å². The number of aromatic nitrogens is 1. The number of methoxy groups -OCH3 is 1. The highest BCUT2D eigenvalue weighted by Crippen LogP contribution is 2.25. The van der Waals surface area contributed by atoms with Crippen LogP contribution in [0.5, 0.6) is 0 Å². The number of nitrogens with zero attached hydrogens (tertiary/aromatic N) is 1. The second-order valence-electron chi connectivity index (χ2n) is 4.73. The number of hydrogen-bond donors (Lipinski definition) is 1. The Hall–Kier alpha value is -2.33. The first-order chi connectivity index (χ1) is 10.7. The number of halogens is 1. The van der Waals surface area contributed by atoms with E-state index >= 15 is 0 Å². The molecule has 22 heavy (non-hydrogen) atoms. The molecule has 1 aromatic heterocycles. The lowest BCUT2D eigenvalue weighted by molar-refractivity contribution is 0.185. The van der Waals surface area contributed by atoms with Crippen LogP contribution in [0, 0.1) is 5.82 Å². The predicted octanol–water partition coefficient (Wildman–Crippen LogP) is 4.33. The Morgan fingerprint density at radius 1 is 1.23 bits per heavy atom. The van der Waals surface area contributed by atoms with E-state index in [9.17, 15) is 4.39 Å². The van der Waals surface area contributed by atoms with Gasteiger partial charge in [-0.05, 0) is 11.1 Å². The van der Waals surface area contributed by atoms with Gasteiger partial charge in [0.1, 0.15) is 5.82 Å². The molecular weight excluding hydrogens is 279 g/mol. The fourth-order valence-corrected chi connectivity index (χ4v) is 2.29. The lowest BCUT2D eigenvalue weighted by Crippen LogP contribution is -2.17. The minimum atomic E-state index is -0.268. The van der Waals surface area contributed by atoms with E-state index in [1.165, 1.54) is 12.3 Å². The van der Waals surface area contributed by atoms with E-state index in [1.807, 2.05) is 44.3 Å². The molecule has 0 bridgehead atoms. The first-order valence-electron chi connectivity index (χ1n) is 7.31. The molecule has 3 rings (SSSR count). The van der Waals surface area contributed by atoms with Crippen molar-refractivity contribution in [2.75, 3.05) is 7.11 Å². The van der Waals surface area contributed by atoms with Gasteiger partial charge in [-0.15, -0.1) is 0 Å². The molecule has 0 amide bonds. The van der Waals surface area contributed by atoms with Crippen LogP contribution in [0.15, 0.2) is 43.1 Å². The highest BCUT2D eigenvalue weighted by atomic mass is 19.1. The second kappa shape index (κ2) is 7.09. The summed E-state index contributed by atoms with van der Waals surface area (Å²) in [7, 11) is 1.67. The summed E-state index contributed by atoms with van der Waals surface area (Å²) in [5.74, 6) is -0.268. The number of ether oxygens (including phenoxy) is 1. The highest BCUT2D eigenvalue weighted by molar-refractivity contribution is 5.85. The number of nitrogens with one attached hydrogen (secondary N) is 1. The van der Waals surface area contributed by atoms with Crippen molar-refractivity contribution in [2.45, 2.75) is 20.5 Å². The Kier molecular flexibility index (Phi) is 5.17. The average Bonchev–Trinajstić information content (AvgIpc) is 2.91. The Morgan fingerprint density at radius 2 is 1.91 bits per heavy atom. The van der Waals surface area contributed by atoms with Gasteiger partial charge in [0, 0.05) is 25.6 Å². The third-order valence-electron chi connectivity index (χ3n) is 3.25. The summed E-state index contributed by atoms with van der Waals surface area (Å²) in [6.07, 6.45) is 3.30. The van der Waals surface area contributed by atoms with Gasteiger partial charge in [-0.2, -0.15) is 0 Å². The molecule has 116 valence electrons. The topological polar surface area (TPSA) is 26.2 Å². The standard InChI is InChI=1S/C16H15FN2O.C2H6/c1-11-16-7-14(17)8-19(16)9-15(18-11)13-5-3-12(4-6-13)10-20-2;1-2/h3-9,18H,1,10H2,2H3;1-2H3. The largest absolute Gasteiger partial charge is 0.380 e. The molecule has 4 heteroatoms. The molecule has 1 aliphatic heterocycles. The van der Waals surface area contributed by atoms with Crippen LogP contribution in [-0.2, 0) is 11.3 Å². The fourth-order valence-electron chi connectivity index (χ4n) is 2.29. The van der Waals surface area contributed by atoms with Crippen molar-refractivity contribution in [1.82, 2.24) is 9.88 Å². The Balaban J connectivity index is 0.000000847. The van der Waals surface area contributed by atoms with E-state index in [0.29, 0.717) is 12.3 Å². The molecule has 1 N–H and O–H groups in total. The molecule has 0 saturated heterocycles. The van der Waals surface area contributed by atoms with Crippen LogP contribution in [0.2, 0.25) is 0 Å². The first-order valence-corrected chi connectivity index (χ1v) is 7.31. The molecule has 0 saturated carbocycles. The number of hydrogen-bond acceptors (Lipinski definition) is 2. The zero-order chi connectivity index (χ0) is 16.1. The van der Waals surface area contributed by atoms with Crippen LogP contribution in [0.1, 0.15) is 30.7 Å². The van der Waals surface area contributed by atoms with Crippen molar-refractivity contribution in [3.05, 3.63) is 65.7 Å². The van der Waals surface area contributed by atoms with Crippen molar-refractivity contribution in [3.8, 4) is 0 Å². The molecule has 0 aliphatic carbocycles. The summed E-state index contributed by atoms with van der Waals surface area (Å²) < 4.78 is 20.1. The average molecular weight is 300 g/mol. The van der Waals surface area contributed by atoms with Crippen molar-refractivity contribution in [1.29, 1.82) is 0 Å². The lowest BCUT2D eigenvalue weighted by atomic mass is 10.1. The smallest absolute Gasteiger partial charge is 0.141 e. The number of benzene rings is 1. The third-order valence-corrected chi connectivity index (χ3v) is 3.25. The van der Waals surface area contributed by atoms with Crippen molar-refractivity contribution in [2.24, 2.45) is 0 Å². The molecule has 2 aromatic rings. The van der Waals surface area contributed by atoms with Gasteiger partial charge in [0.15, 0.2) is 0 Å². The third kappa shape index (κ3) is 3.28. The van der Waals surface area contributed by atoms with E-state index in [0.717, 1.165) is 22.5 Å². The van der Waals surface area contributed by atoms with Crippen molar-refractivity contribution in [3.63, 3.8) is 0 Å². The molecule has 0 fully saturated rings. The first kappa shape index (κ1) is 16.0. The number of rotatable bonds is 3. The van der Waals surface area contributed by atoms with E-state index in [-0.39, 0.29) is 5.82 Å². The van der Waals surface area contributed by atoms with Gasteiger partial charge in [0.2, 0.25) is 0 Å². The van der Waals surface area contributed by atoms with Crippen molar-refractivity contribution < 1.29 is 9.13 Å². The van der Waals surface area contributed by atoms with Gasteiger partial charge in [0.05, 0.1) is 23.7 Å². The van der Waals surface area contributed by atoms with Gasteiger partial charge < -0.3 is 14.6 Å². The summed E-state index contributed by atoms with van der Waals surface area (Å²) >= 11 is 0. The maximum atomic E-state index is 13.3. The predicted molar refractivity (Wildman–Crippen MR) is 89.2 cm³/mol. The van der Waals surface area contributed by atoms with Gasteiger partial charge in [0.25, 0.3) is 0 Å². The zero-order valence-electron chi connectivity index (χ0n) is 13.2. The molecular formula is C18H21FN2O. The molecule has 2 heterocycles. The Labute approximate surface area is 130 Å². The number of fused-ring (bicyclic) bond motifs is 1. The van der Waals surface area contributed by atoms with Crippen molar-refractivity contribution >= 4 is 17.6 Å². The van der Waals surface area contributed by atoms with Crippen LogP contribution in [0.25, 0.3) is 17.6 Å². The van der Waals surface area contributed by atoms with E-state index < -0.39 is 0 Å². The molecule has 0 radical (unpaired) electrons. The van der Waals surface area contributed by atoms with Gasteiger partial charge in [-0.25, -0.2) is 4.39 Å². The summed E-state index contributed by atoms with van der Waals surface area (Å²) in [6.45, 7) is 8.52. The van der Waals surface area contributed by atoms with Gasteiger partial charge >= 0.3 is 0 Å². The maximum Gasteiger partial charge on any atom is 0.141 e. The Bertz CT molecular complexity index is 684. The van der Waals surface area contributed by atoms with Gasteiger partial charge in [-0.1, -0.05) is 44.7 Å². The lowest BCUT2D eigenvalue weighted by Gasteiger charge is -2.20. The summed E-state index contributed by atoms with van der Waals surface area (Å²) in [6, 6.07) is 9.49. The zero-order valence-corrected chi connectivity index (χ0v) is 13.2. The second-order valence-corrected chi connectivity index (χ2v) is 4.73. The minimum absolute atomic E-state index is 0.268. The minimum Gasteiger partial charge on any atom is -0.380 e. The molecule has 0 unspecified atom stereocenters. The van der Waals surface area contributed by atoms with Crippen LogP contribution in [0.4, 0.5) is 4.39 Å². The molecule has 1 aromatic carbocycles. The SMILES string of the molecule is C=C1NC(c2ccc(COC)cc2)=Cn2cc(F)cc21.CC. The fraction of sp³-hybridized carbons (Fsp3) is 0.222. The Morgan fingerprint density at radius 3 is 2.55 bits per heavy atom. The van der Waals surface area contributed by atoms with E-state index in [1.54, 1.807) is 11.7 Å². The van der Waals surface area contributed by atoms with E-state index in [2.05, 4.69) is 11.9 Å². The monoisotopic (exact) mass is 300 g/mol. The van der Waals surface area contributed by atoms with E-state index in [4.69, 9.17) is 4.74 Å². The quantitative estimate of drug-likeness (QED) is 0.913. The van der Waals surface area contributed by atoms with Crippen LogP contribution in [0.3, 0.4) is 0 Å². The molecule has 0 atom stereocenters. The van der Waals surface area contributed by atoms with Crippen LogP contribution in [-0.4, -0.2) is 11.7 Å². The molecule has 1 aliphatic rings. The maximum absolute atomic E-state index is 13.3. The summed E-state index contributed by atoms with van der Waals surface area (Å²) in [5, 5.41) is 3.20.